The first-order valence-corrected chi connectivity index (χ1v) is 10.7. The van der Waals surface area contributed by atoms with Crippen LogP contribution < -0.4 is 10.5 Å². The summed E-state index contributed by atoms with van der Waals surface area (Å²) in [6, 6.07) is 9.24. The molecule has 0 bridgehead atoms. The van der Waals surface area contributed by atoms with Crippen molar-refractivity contribution in [1.29, 1.82) is 0 Å². The van der Waals surface area contributed by atoms with E-state index >= 15 is 0 Å². The highest BCUT2D eigenvalue weighted by molar-refractivity contribution is 7.99. The molecule has 2 heterocycles. The fourth-order valence-corrected chi connectivity index (χ4v) is 4.01. The Kier molecular flexibility index (Phi) is 6.45. The molecule has 1 amide bonds. The van der Waals surface area contributed by atoms with Gasteiger partial charge in [0.05, 0.1) is 5.75 Å². The molecule has 1 aromatic heterocycles. The number of piperazine rings is 1. The average Bonchev–Trinajstić information content (AvgIpc) is 2.80. The van der Waals surface area contributed by atoms with Gasteiger partial charge in [-0.1, -0.05) is 11.8 Å². The zero-order chi connectivity index (χ0) is 22.7. The van der Waals surface area contributed by atoms with E-state index in [0.717, 1.165) is 29.6 Å². The van der Waals surface area contributed by atoms with Crippen LogP contribution in [-0.4, -0.2) is 57.9 Å². The van der Waals surface area contributed by atoms with E-state index in [1.54, 1.807) is 17.0 Å². The highest BCUT2D eigenvalue weighted by atomic mass is 32.2. The number of benzene rings is 2. The molecule has 0 aliphatic carbocycles. The lowest BCUT2D eigenvalue weighted by Crippen LogP contribution is -2.49. The molecule has 11 heteroatoms. The van der Waals surface area contributed by atoms with E-state index in [9.17, 15) is 22.8 Å². The Morgan fingerprint density at radius 3 is 2.34 bits per heavy atom. The number of carbonyl (C=O) groups is 1. The van der Waals surface area contributed by atoms with E-state index in [1.807, 2.05) is 0 Å². The molecule has 7 nitrogen and oxygen atoms in total. The Balaban J connectivity index is 1.32. The van der Waals surface area contributed by atoms with Crippen LogP contribution in [0.15, 0.2) is 52.4 Å². The van der Waals surface area contributed by atoms with Crippen molar-refractivity contribution in [3.63, 3.8) is 0 Å². The highest BCUT2D eigenvalue weighted by Crippen LogP contribution is 2.19. The standard InChI is InChI=1S/C21H18F3N5O2S/c22-14-2-4-15(5-3-14)28-7-9-29(10-8-28)18(30)12-32-21-25-20(31)19(26-27-21)13-1-6-16(23)17(24)11-13/h1-6,11H,7-10,12H2,(H,25,27,31). The molecule has 1 aliphatic heterocycles. The number of aromatic nitrogens is 3. The smallest absolute Gasteiger partial charge is 0.278 e. The zero-order valence-electron chi connectivity index (χ0n) is 16.7. The molecule has 3 aromatic rings. The molecular weight excluding hydrogens is 443 g/mol. The fraction of sp³-hybridized carbons (Fsp3) is 0.238. The predicted octanol–water partition coefficient (Wildman–Crippen LogP) is 2.69. The number of hydrogen-bond acceptors (Lipinski definition) is 6. The van der Waals surface area contributed by atoms with Gasteiger partial charge in [-0.15, -0.1) is 10.2 Å². The second-order valence-corrected chi connectivity index (χ2v) is 8.03. The Hall–Kier alpha value is -3.34. The highest BCUT2D eigenvalue weighted by Gasteiger charge is 2.22. The average molecular weight is 461 g/mol. The molecule has 0 atom stereocenters. The van der Waals surface area contributed by atoms with Crippen LogP contribution >= 0.6 is 11.8 Å². The number of thioether (sulfide) groups is 1. The van der Waals surface area contributed by atoms with Gasteiger partial charge in [0.2, 0.25) is 5.91 Å². The molecule has 1 N–H and O–H groups in total. The number of aromatic amines is 1. The van der Waals surface area contributed by atoms with Crippen LogP contribution in [0.5, 0.6) is 0 Å². The van der Waals surface area contributed by atoms with Gasteiger partial charge in [0.1, 0.15) is 5.82 Å². The number of hydrogen-bond donors (Lipinski definition) is 1. The number of halogens is 3. The van der Waals surface area contributed by atoms with Gasteiger partial charge in [-0.2, -0.15) is 0 Å². The second-order valence-electron chi connectivity index (χ2n) is 7.07. The van der Waals surface area contributed by atoms with Crippen molar-refractivity contribution in [2.45, 2.75) is 5.16 Å². The number of nitrogens with zero attached hydrogens (tertiary/aromatic N) is 4. The summed E-state index contributed by atoms with van der Waals surface area (Å²) in [4.78, 5) is 31.1. The summed E-state index contributed by atoms with van der Waals surface area (Å²) in [7, 11) is 0. The summed E-state index contributed by atoms with van der Waals surface area (Å²) in [5.74, 6) is -2.46. The zero-order valence-corrected chi connectivity index (χ0v) is 17.5. The lowest BCUT2D eigenvalue weighted by Gasteiger charge is -2.36. The molecule has 4 rings (SSSR count). The summed E-state index contributed by atoms with van der Waals surface area (Å²) in [6.45, 7) is 2.30. The van der Waals surface area contributed by atoms with Crippen LogP contribution in [0.1, 0.15) is 0 Å². The van der Waals surface area contributed by atoms with E-state index in [-0.39, 0.29) is 33.9 Å². The van der Waals surface area contributed by atoms with Crippen LogP contribution in [0.2, 0.25) is 0 Å². The monoisotopic (exact) mass is 461 g/mol. The van der Waals surface area contributed by atoms with E-state index in [1.165, 1.54) is 18.2 Å². The largest absolute Gasteiger partial charge is 0.368 e. The summed E-state index contributed by atoms with van der Waals surface area (Å²) >= 11 is 1.03. The SMILES string of the molecule is O=C(CSc1nnc(-c2ccc(F)c(F)c2)c(=O)[nH]1)N1CCN(c2ccc(F)cc2)CC1. The van der Waals surface area contributed by atoms with Gasteiger partial charge < -0.3 is 9.80 Å². The lowest BCUT2D eigenvalue weighted by molar-refractivity contribution is -0.128. The van der Waals surface area contributed by atoms with Gasteiger partial charge in [0.15, 0.2) is 22.5 Å². The van der Waals surface area contributed by atoms with Crippen molar-refractivity contribution in [1.82, 2.24) is 20.1 Å². The summed E-state index contributed by atoms with van der Waals surface area (Å²) in [5, 5.41) is 7.83. The van der Waals surface area contributed by atoms with E-state index in [0.29, 0.717) is 26.2 Å². The number of rotatable bonds is 5. The number of amides is 1. The van der Waals surface area contributed by atoms with Gasteiger partial charge in [-0.25, -0.2) is 13.2 Å². The van der Waals surface area contributed by atoms with Gasteiger partial charge in [0.25, 0.3) is 5.56 Å². The maximum Gasteiger partial charge on any atom is 0.278 e. The maximum absolute atomic E-state index is 13.4. The summed E-state index contributed by atoms with van der Waals surface area (Å²) in [6.07, 6.45) is 0. The van der Waals surface area contributed by atoms with E-state index in [4.69, 9.17) is 0 Å². The topological polar surface area (TPSA) is 82.2 Å². The van der Waals surface area contributed by atoms with Crippen molar-refractivity contribution < 1.29 is 18.0 Å². The summed E-state index contributed by atoms with van der Waals surface area (Å²) in [5.41, 5.74) is 0.247. The third-order valence-corrected chi connectivity index (χ3v) is 5.87. The molecule has 2 aromatic carbocycles. The number of H-pyrrole nitrogens is 1. The molecule has 1 saturated heterocycles. The third kappa shape index (κ3) is 4.93. The van der Waals surface area contributed by atoms with Crippen LogP contribution in [0.25, 0.3) is 11.3 Å². The maximum atomic E-state index is 13.4. The van der Waals surface area contributed by atoms with Gasteiger partial charge >= 0.3 is 0 Å². The molecule has 32 heavy (non-hydrogen) atoms. The number of anilines is 1. The number of nitrogens with one attached hydrogen (secondary N) is 1. The molecule has 1 fully saturated rings. The number of carbonyl (C=O) groups excluding carboxylic acids is 1. The van der Waals surface area contributed by atoms with Crippen LogP contribution in [0, 0.1) is 17.5 Å². The first-order chi connectivity index (χ1) is 15.4. The van der Waals surface area contributed by atoms with Crippen LogP contribution in [0.4, 0.5) is 18.9 Å². The van der Waals surface area contributed by atoms with Crippen LogP contribution in [-0.2, 0) is 4.79 Å². The molecule has 0 spiro atoms. The van der Waals surface area contributed by atoms with Gasteiger partial charge in [0, 0.05) is 37.4 Å². The molecule has 0 unspecified atom stereocenters. The predicted molar refractivity (Wildman–Crippen MR) is 114 cm³/mol. The van der Waals surface area contributed by atoms with E-state index in [2.05, 4.69) is 20.1 Å². The molecular formula is C21H18F3N5O2S. The van der Waals surface area contributed by atoms with Crippen molar-refractivity contribution in [2.24, 2.45) is 0 Å². The van der Waals surface area contributed by atoms with Crippen LogP contribution in [0.3, 0.4) is 0 Å². The Labute approximate surface area is 185 Å². The molecule has 166 valence electrons. The molecule has 0 saturated carbocycles. The first-order valence-electron chi connectivity index (χ1n) is 9.74. The minimum atomic E-state index is -1.09. The van der Waals surface area contributed by atoms with Crippen molar-refractivity contribution in [3.8, 4) is 11.3 Å². The lowest BCUT2D eigenvalue weighted by atomic mass is 10.1. The minimum absolute atomic E-state index is 0.0612. The third-order valence-electron chi connectivity index (χ3n) is 5.03. The summed E-state index contributed by atoms with van der Waals surface area (Å²) < 4.78 is 39.6. The van der Waals surface area contributed by atoms with E-state index < -0.39 is 17.2 Å². The molecule has 1 aliphatic rings. The van der Waals surface area contributed by atoms with Crippen molar-refractivity contribution in [3.05, 3.63) is 70.3 Å². The fourth-order valence-electron chi connectivity index (χ4n) is 3.31. The normalized spacial score (nSPS) is 14.0. The Morgan fingerprint density at radius 2 is 1.69 bits per heavy atom. The minimum Gasteiger partial charge on any atom is -0.368 e. The quantitative estimate of drug-likeness (QED) is 0.589. The Bertz CT molecular complexity index is 1180. The first kappa shape index (κ1) is 21.9. The molecule has 0 radical (unpaired) electrons. The second kappa shape index (κ2) is 9.43. The van der Waals surface area contributed by atoms with Gasteiger partial charge in [-0.05, 0) is 42.5 Å². The van der Waals surface area contributed by atoms with Crippen molar-refractivity contribution >= 4 is 23.4 Å². The van der Waals surface area contributed by atoms with Gasteiger partial charge in [-0.3, -0.25) is 14.6 Å². The Morgan fingerprint density at radius 1 is 0.969 bits per heavy atom. The van der Waals surface area contributed by atoms with Crippen molar-refractivity contribution in [2.75, 3.05) is 36.8 Å².